The number of carbonyl (C=O) groups is 2. The highest BCUT2D eigenvalue weighted by Gasteiger charge is 2.38. The second-order valence-electron chi connectivity index (χ2n) is 4.01. The summed E-state index contributed by atoms with van der Waals surface area (Å²) >= 11 is 0. The van der Waals surface area contributed by atoms with Crippen LogP contribution in [-0.2, 0) is 19.1 Å². The fraction of sp³-hybridized carbons (Fsp3) is 0.800. The van der Waals surface area contributed by atoms with Crippen molar-refractivity contribution >= 4 is 11.9 Å². The van der Waals surface area contributed by atoms with E-state index in [0.29, 0.717) is 26.1 Å². The number of hydrogen-bond donors (Lipinski definition) is 1. The summed E-state index contributed by atoms with van der Waals surface area (Å²) in [5.74, 6) is -1.23. The number of ether oxygens (including phenoxy) is 2. The number of carbonyl (C=O) groups excluding carboxylic acids is 1. The van der Waals surface area contributed by atoms with Crippen molar-refractivity contribution in [1.29, 1.82) is 0 Å². The van der Waals surface area contributed by atoms with Crippen LogP contribution in [0.3, 0.4) is 0 Å². The van der Waals surface area contributed by atoms with Crippen molar-refractivity contribution in [3.05, 3.63) is 0 Å². The molecule has 2 fully saturated rings. The standard InChI is InChI=1S/C10H15NO5/c12-9-6-16-5-8(10(13)14)11(9)7-1-3-15-4-2-7/h7-8H,1-6H2,(H,13,14). The van der Waals surface area contributed by atoms with E-state index < -0.39 is 12.0 Å². The summed E-state index contributed by atoms with van der Waals surface area (Å²) in [6.07, 6.45) is 1.41. The van der Waals surface area contributed by atoms with E-state index >= 15 is 0 Å². The SMILES string of the molecule is O=C(O)C1COCC(=O)N1C1CCOCC1. The Morgan fingerprint density at radius 1 is 1.31 bits per heavy atom. The van der Waals surface area contributed by atoms with Crippen LogP contribution in [0.15, 0.2) is 0 Å². The first-order valence-corrected chi connectivity index (χ1v) is 5.39. The lowest BCUT2D eigenvalue weighted by atomic mass is 10.0. The quantitative estimate of drug-likeness (QED) is 0.689. The van der Waals surface area contributed by atoms with Crippen LogP contribution in [0.4, 0.5) is 0 Å². The maximum Gasteiger partial charge on any atom is 0.328 e. The van der Waals surface area contributed by atoms with Gasteiger partial charge in [-0.05, 0) is 12.8 Å². The van der Waals surface area contributed by atoms with Gasteiger partial charge in [-0.1, -0.05) is 0 Å². The Kier molecular flexibility index (Phi) is 3.40. The van der Waals surface area contributed by atoms with E-state index in [0.717, 1.165) is 0 Å². The molecule has 2 heterocycles. The van der Waals surface area contributed by atoms with Gasteiger partial charge < -0.3 is 19.5 Å². The van der Waals surface area contributed by atoms with Crippen molar-refractivity contribution in [1.82, 2.24) is 4.90 Å². The van der Waals surface area contributed by atoms with E-state index in [1.54, 1.807) is 0 Å². The van der Waals surface area contributed by atoms with Gasteiger partial charge >= 0.3 is 5.97 Å². The normalized spacial score (nSPS) is 28.1. The molecule has 0 spiro atoms. The van der Waals surface area contributed by atoms with Crippen LogP contribution in [0.1, 0.15) is 12.8 Å². The second kappa shape index (κ2) is 4.80. The van der Waals surface area contributed by atoms with E-state index in [2.05, 4.69) is 0 Å². The third-order valence-electron chi connectivity index (χ3n) is 2.99. The smallest absolute Gasteiger partial charge is 0.328 e. The Bertz CT molecular complexity index is 287. The lowest BCUT2D eigenvalue weighted by molar-refractivity contribution is -0.168. The first-order valence-electron chi connectivity index (χ1n) is 5.39. The van der Waals surface area contributed by atoms with E-state index in [4.69, 9.17) is 14.6 Å². The van der Waals surface area contributed by atoms with Crippen LogP contribution in [0.25, 0.3) is 0 Å². The molecule has 0 aromatic heterocycles. The summed E-state index contributed by atoms with van der Waals surface area (Å²) in [5.41, 5.74) is 0. The molecule has 1 unspecified atom stereocenters. The van der Waals surface area contributed by atoms with Crippen molar-refractivity contribution in [2.24, 2.45) is 0 Å². The summed E-state index contributed by atoms with van der Waals surface area (Å²) in [5, 5.41) is 9.05. The molecule has 1 amide bonds. The molecule has 2 rings (SSSR count). The van der Waals surface area contributed by atoms with Gasteiger partial charge in [0.1, 0.15) is 6.61 Å². The highest BCUT2D eigenvalue weighted by molar-refractivity contribution is 5.85. The fourth-order valence-electron chi connectivity index (χ4n) is 2.20. The number of rotatable bonds is 2. The minimum Gasteiger partial charge on any atom is -0.480 e. The van der Waals surface area contributed by atoms with E-state index in [9.17, 15) is 9.59 Å². The number of aliphatic carboxylic acids is 1. The van der Waals surface area contributed by atoms with Crippen molar-refractivity contribution in [3.63, 3.8) is 0 Å². The number of amides is 1. The summed E-state index contributed by atoms with van der Waals surface area (Å²) in [6, 6.07) is -0.865. The Morgan fingerprint density at radius 3 is 2.62 bits per heavy atom. The molecule has 0 saturated carbocycles. The number of carboxylic acid groups (broad SMARTS) is 1. The van der Waals surface area contributed by atoms with Crippen LogP contribution in [0.2, 0.25) is 0 Å². The lowest BCUT2D eigenvalue weighted by Gasteiger charge is -2.40. The summed E-state index contributed by atoms with van der Waals surface area (Å²) in [7, 11) is 0. The predicted octanol–water partition coefficient (Wildman–Crippen LogP) is -0.523. The van der Waals surface area contributed by atoms with E-state index in [1.165, 1.54) is 4.90 Å². The minimum absolute atomic E-state index is 0.0128. The summed E-state index contributed by atoms with van der Waals surface area (Å²) < 4.78 is 10.2. The minimum atomic E-state index is -1.00. The van der Waals surface area contributed by atoms with Gasteiger partial charge in [-0.2, -0.15) is 0 Å². The zero-order valence-electron chi connectivity index (χ0n) is 8.92. The van der Waals surface area contributed by atoms with Gasteiger partial charge in [0.05, 0.1) is 6.61 Å². The highest BCUT2D eigenvalue weighted by atomic mass is 16.5. The third-order valence-corrected chi connectivity index (χ3v) is 2.99. The molecule has 0 radical (unpaired) electrons. The molecule has 2 saturated heterocycles. The molecule has 2 aliphatic heterocycles. The molecule has 0 aromatic rings. The van der Waals surface area contributed by atoms with E-state index in [1.807, 2.05) is 0 Å². The topological polar surface area (TPSA) is 76.1 Å². The average Bonchev–Trinajstić information content (AvgIpc) is 2.29. The van der Waals surface area contributed by atoms with Crippen LogP contribution in [0, 0.1) is 0 Å². The van der Waals surface area contributed by atoms with Gasteiger partial charge in [0.2, 0.25) is 5.91 Å². The Balaban J connectivity index is 2.11. The van der Waals surface area contributed by atoms with Crippen molar-refractivity contribution in [2.45, 2.75) is 24.9 Å². The molecule has 90 valence electrons. The number of hydrogen-bond acceptors (Lipinski definition) is 4. The van der Waals surface area contributed by atoms with Gasteiger partial charge in [0, 0.05) is 19.3 Å². The Labute approximate surface area is 93.1 Å². The number of carboxylic acids is 1. The third kappa shape index (κ3) is 2.17. The van der Waals surface area contributed by atoms with Crippen LogP contribution < -0.4 is 0 Å². The lowest BCUT2D eigenvalue weighted by Crippen LogP contribution is -2.58. The number of morpholine rings is 1. The molecular formula is C10H15NO5. The zero-order valence-corrected chi connectivity index (χ0v) is 8.92. The molecule has 0 aliphatic carbocycles. The first-order chi connectivity index (χ1) is 7.70. The predicted molar refractivity (Wildman–Crippen MR) is 52.9 cm³/mol. The fourth-order valence-corrected chi connectivity index (χ4v) is 2.20. The Hall–Kier alpha value is -1.14. The Morgan fingerprint density at radius 2 is 2.00 bits per heavy atom. The highest BCUT2D eigenvalue weighted by Crippen LogP contribution is 2.20. The molecule has 0 aromatic carbocycles. The molecule has 2 aliphatic rings. The van der Waals surface area contributed by atoms with Gasteiger partial charge in [0.25, 0.3) is 0 Å². The molecule has 6 heteroatoms. The zero-order chi connectivity index (χ0) is 11.5. The molecule has 1 atom stereocenters. The summed E-state index contributed by atoms with van der Waals surface area (Å²) in [4.78, 5) is 24.2. The monoisotopic (exact) mass is 229 g/mol. The largest absolute Gasteiger partial charge is 0.480 e. The van der Waals surface area contributed by atoms with Gasteiger partial charge in [-0.25, -0.2) is 4.79 Å². The second-order valence-corrected chi connectivity index (χ2v) is 4.01. The van der Waals surface area contributed by atoms with Gasteiger partial charge in [-0.3, -0.25) is 4.79 Å². The van der Waals surface area contributed by atoms with Gasteiger partial charge in [-0.15, -0.1) is 0 Å². The van der Waals surface area contributed by atoms with Crippen LogP contribution >= 0.6 is 0 Å². The van der Waals surface area contributed by atoms with Crippen LogP contribution in [0.5, 0.6) is 0 Å². The van der Waals surface area contributed by atoms with Crippen molar-refractivity contribution in [2.75, 3.05) is 26.4 Å². The maximum absolute atomic E-state index is 11.7. The molecule has 16 heavy (non-hydrogen) atoms. The summed E-state index contributed by atoms with van der Waals surface area (Å²) in [6.45, 7) is 1.24. The van der Waals surface area contributed by atoms with Crippen molar-refractivity contribution in [3.8, 4) is 0 Å². The first kappa shape index (κ1) is 11.3. The molecule has 1 N–H and O–H groups in total. The average molecular weight is 229 g/mol. The van der Waals surface area contributed by atoms with Gasteiger partial charge in [0.15, 0.2) is 6.04 Å². The molecule has 0 bridgehead atoms. The van der Waals surface area contributed by atoms with E-state index in [-0.39, 0.29) is 25.2 Å². The van der Waals surface area contributed by atoms with Crippen molar-refractivity contribution < 1.29 is 24.2 Å². The maximum atomic E-state index is 11.7. The number of nitrogens with zero attached hydrogens (tertiary/aromatic N) is 1. The molecular weight excluding hydrogens is 214 g/mol. The molecule has 6 nitrogen and oxygen atoms in total. The van der Waals surface area contributed by atoms with Crippen LogP contribution in [-0.4, -0.2) is 60.4 Å².